The van der Waals surface area contributed by atoms with Crippen molar-refractivity contribution in [3.8, 4) is 5.75 Å². The van der Waals surface area contributed by atoms with Crippen molar-refractivity contribution in [1.29, 1.82) is 0 Å². The van der Waals surface area contributed by atoms with Crippen LogP contribution in [0.15, 0.2) is 60.7 Å². The Morgan fingerprint density at radius 1 is 0.917 bits per heavy atom. The van der Waals surface area contributed by atoms with E-state index in [-0.39, 0.29) is 6.42 Å². The smallest absolute Gasteiger partial charge is 0.194 e. The van der Waals surface area contributed by atoms with E-state index in [2.05, 4.69) is 0 Å². The first-order valence-corrected chi connectivity index (χ1v) is 7.93. The molecule has 0 aromatic heterocycles. The molecule has 0 spiro atoms. The maximum absolute atomic E-state index is 10.7. The molecule has 0 atom stereocenters. The summed E-state index contributed by atoms with van der Waals surface area (Å²) in [6.07, 6.45) is 2.00. The van der Waals surface area contributed by atoms with E-state index in [4.69, 9.17) is 4.74 Å². The van der Waals surface area contributed by atoms with Gasteiger partial charge in [-0.1, -0.05) is 60.7 Å². The van der Waals surface area contributed by atoms with E-state index in [1.165, 1.54) is 0 Å². The van der Waals surface area contributed by atoms with Gasteiger partial charge in [0.15, 0.2) is 5.79 Å². The summed E-state index contributed by atoms with van der Waals surface area (Å²) in [5.74, 6) is -1.31. The SMILES string of the molecule is COc1ccc2ccccc2c1C1=c2ccccc2=CCC1(O)O. The molecule has 3 aromatic carbocycles. The zero-order chi connectivity index (χ0) is 16.7. The molecule has 0 heterocycles. The number of hydrogen-bond donors (Lipinski definition) is 2. The zero-order valence-electron chi connectivity index (χ0n) is 13.4. The predicted octanol–water partition coefficient (Wildman–Crippen LogP) is 1.91. The standard InChI is InChI=1S/C21H18O3/c1-24-18-11-10-14-6-2-4-8-16(14)19(18)20-17-9-5-3-7-15(17)12-13-21(20,22)23/h2-12,22-23H,13H2,1H3. The molecule has 0 saturated carbocycles. The summed E-state index contributed by atoms with van der Waals surface area (Å²) in [5.41, 5.74) is 1.23. The Morgan fingerprint density at radius 2 is 1.67 bits per heavy atom. The van der Waals surface area contributed by atoms with Crippen LogP contribution >= 0.6 is 0 Å². The minimum absolute atomic E-state index is 0.145. The van der Waals surface area contributed by atoms with Crippen LogP contribution in [0.2, 0.25) is 0 Å². The van der Waals surface area contributed by atoms with Gasteiger partial charge in [-0.2, -0.15) is 0 Å². The molecular formula is C21H18O3. The zero-order valence-corrected chi connectivity index (χ0v) is 13.4. The molecule has 0 unspecified atom stereocenters. The number of hydrogen-bond acceptors (Lipinski definition) is 3. The lowest BCUT2D eigenvalue weighted by atomic mass is 9.85. The van der Waals surface area contributed by atoms with Gasteiger partial charge in [0.2, 0.25) is 0 Å². The largest absolute Gasteiger partial charge is 0.496 e. The fourth-order valence-electron chi connectivity index (χ4n) is 3.49. The van der Waals surface area contributed by atoms with Crippen LogP contribution in [0.4, 0.5) is 0 Å². The number of rotatable bonds is 2. The average molecular weight is 318 g/mol. The number of fused-ring (bicyclic) bond motifs is 2. The first-order chi connectivity index (χ1) is 11.6. The lowest BCUT2D eigenvalue weighted by Gasteiger charge is -2.29. The summed E-state index contributed by atoms with van der Waals surface area (Å²) in [6, 6.07) is 19.5. The van der Waals surface area contributed by atoms with Crippen molar-refractivity contribution in [3.05, 3.63) is 76.7 Å². The molecule has 0 saturated heterocycles. The summed E-state index contributed by atoms with van der Waals surface area (Å²) >= 11 is 0. The molecule has 3 aromatic rings. The molecule has 24 heavy (non-hydrogen) atoms. The fraction of sp³-hybridized carbons (Fsp3) is 0.143. The molecule has 0 amide bonds. The fourth-order valence-corrected chi connectivity index (χ4v) is 3.49. The van der Waals surface area contributed by atoms with Crippen LogP contribution in [0, 0.1) is 0 Å². The third-order valence-electron chi connectivity index (χ3n) is 4.60. The van der Waals surface area contributed by atoms with Gasteiger partial charge in [0.25, 0.3) is 0 Å². The molecule has 0 radical (unpaired) electrons. The Balaban J connectivity index is 2.23. The lowest BCUT2D eigenvalue weighted by molar-refractivity contribution is -0.103. The Hall–Kier alpha value is -2.62. The Kier molecular flexibility index (Phi) is 3.41. The normalized spacial score (nSPS) is 15.7. The second-order valence-electron chi connectivity index (χ2n) is 6.05. The van der Waals surface area contributed by atoms with Crippen molar-refractivity contribution in [3.63, 3.8) is 0 Å². The van der Waals surface area contributed by atoms with Crippen LogP contribution in [0.3, 0.4) is 0 Å². The van der Waals surface area contributed by atoms with Gasteiger partial charge in [-0.3, -0.25) is 0 Å². The van der Waals surface area contributed by atoms with Gasteiger partial charge in [-0.05, 0) is 27.3 Å². The van der Waals surface area contributed by atoms with Crippen LogP contribution in [0.5, 0.6) is 5.75 Å². The van der Waals surface area contributed by atoms with Gasteiger partial charge < -0.3 is 14.9 Å². The highest BCUT2D eigenvalue weighted by Crippen LogP contribution is 2.38. The summed E-state index contributed by atoms with van der Waals surface area (Å²) in [5, 5.41) is 25.3. The molecule has 0 fully saturated rings. The van der Waals surface area contributed by atoms with Gasteiger partial charge >= 0.3 is 0 Å². The van der Waals surface area contributed by atoms with Gasteiger partial charge in [0.05, 0.1) is 7.11 Å². The topological polar surface area (TPSA) is 49.7 Å². The van der Waals surface area contributed by atoms with E-state index in [1.807, 2.05) is 66.7 Å². The van der Waals surface area contributed by atoms with Crippen LogP contribution in [-0.2, 0) is 0 Å². The van der Waals surface area contributed by atoms with E-state index < -0.39 is 5.79 Å². The minimum Gasteiger partial charge on any atom is -0.496 e. The summed E-state index contributed by atoms with van der Waals surface area (Å²) < 4.78 is 5.56. The first-order valence-electron chi connectivity index (χ1n) is 7.93. The maximum atomic E-state index is 10.7. The van der Waals surface area contributed by atoms with Crippen LogP contribution in [-0.4, -0.2) is 23.1 Å². The molecule has 3 heteroatoms. The van der Waals surface area contributed by atoms with Gasteiger partial charge in [0.1, 0.15) is 5.75 Å². The van der Waals surface area contributed by atoms with Gasteiger partial charge in [-0.25, -0.2) is 0 Å². The Labute approximate surface area is 139 Å². The molecule has 120 valence electrons. The third kappa shape index (κ3) is 2.21. The average Bonchev–Trinajstić information content (AvgIpc) is 2.61. The van der Waals surface area contributed by atoms with Crippen LogP contribution in [0.1, 0.15) is 12.0 Å². The van der Waals surface area contributed by atoms with Crippen LogP contribution < -0.4 is 15.2 Å². The maximum Gasteiger partial charge on any atom is 0.194 e. The van der Waals surface area contributed by atoms with E-state index in [1.54, 1.807) is 7.11 Å². The third-order valence-corrected chi connectivity index (χ3v) is 4.60. The van der Waals surface area contributed by atoms with E-state index in [0.29, 0.717) is 11.3 Å². The predicted molar refractivity (Wildman–Crippen MR) is 95.0 cm³/mol. The Morgan fingerprint density at radius 3 is 2.50 bits per heavy atom. The van der Waals surface area contributed by atoms with Crippen molar-refractivity contribution < 1.29 is 14.9 Å². The number of aliphatic hydroxyl groups is 2. The number of benzene rings is 3. The molecule has 1 aliphatic rings. The van der Waals surface area contributed by atoms with Crippen molar-refractivity contribution in [1.82, 2.24) is 0 Å². The highest BCUT2D eigenvalue weighted by molar-refractivity contribution is 5.98. The molecule has 4 rings (SSSR count). The van der Waals surface area contributed by atoms with Gasteiger partial charge in [0, 0.05) is 17.6 Å². The minimum atomic E-state index is -1.94. The van der Waals surface area contributed by atoms with Crippen molar-refractivity contribution in [2.24, 2.45) is 0 Å². The first kappa shape index (κ1) is 14.9. The Bertz CT molecular complexity index is 1050. The molecular weight excluding hydrogens is 300 g/mol. The summed E-state index contributed by atoms with van der Waals surface area (Å²) in [7, 11) is 1.60. The van der Waals surface area contributed by atoms with E-state index in [0.717, 1.165) is 26.8 Å². The highest BCUT2D eigenvalue weighted by Gasteiger charge is 2.34. The van der Waals surface area contributed by atoms with Crippen molar-refractivity contribution in [2.75, 3.05) is 7.11 Å². The quantitative estimate of drug-likeness (QED) is 0.710. The van der Waals surface area contributed by atoms with Crippen molar-refractivity contribution >= 4 is 22.4 Å². The molecule has 0 aliphatic heterocycles. The van der Waals surface area contributed by atoms with Crippen LogP contribution in [0.25, 0.3) is 22.4 Å². The lowest BCUT2D eigenvalue weighted by Crippen LogP contribution is -2.43. The second-order valence-corrected chi connectivity index (χ2v) is 6.05. The van der Waals surface area contributed by atoms with E-state index in [9.17, 15) is 10.2 Å². The molecule has 2 N–H and O–H groups in total. The molecule has 1 aliphatic carbocycles. The molecule has 0 bridgehead atoms. The van der Waals surface area contributed by atoms with Gasteiger partial charge in [-0.15, -0.1) is 0 Å². The molecule has 3 nitrogen and oxygen atoms in total. The number of ether oxygens (including phenoxy) is 1. The summed E-state index contributed by atoms with van der Waals surface area (Å²) in [4.78, 5) is 0. The van der Waals surface area contributed by atoms with Crippen molar-refractivity contribution in [2.45, 2.75) is 12.2 Å². The highest BCUT2D eigenvalue weighted by atomic mass is 16.5. The monoisotopic (exact) mass is 318 g/mol. The van der Waals surface area contributed by atoms with E-state index >= 15 is 0 Å². The second kappa shape index (κ2) is 5.48. The summed E-state index contributed by atoms with van der Waals surface area (Å²) in [6.45, 7) is 0. The number of methoxy groups -OCH3 is 1.